The summed E-state index contributed by atoms with van der Waals surface area (Å²) in [6, 6.07) is 10.7. The quantitative estimate of drug-likeness (QED) is 0.771. The molecule has 0 unspecified atom stereocenters. The molecule has 0 bridgehead atoms. The molecule has 0 aliphatic rings. The van der Waals surface area contributed by atoms with Gasteiger partial charge in [-0.05, 0) is 35.7 Å². The SMILES string of the molecule is NC(=O)c1ccc(Nc2ncnc(-c3cccs3)n2)cc1. The van der Waals surface area contributed by atoms with Crippen molar-refractivity contribution in [3.05, 3.63) is 53.7 Å². The third-order valence-corrected chi connectivity index (χ3v) is 3.60. The number of hydrogen-bond donors (Lipinski definition) is 2. The highest BCUT2D eigenvalue weighted by atomic mass is 32.1. The first kappa shape index (κ1) is 13.2. The number of nitrogens with zero attached hydrogens (tertiary/aromatic N) is 3. The highest BCUT2D eigenvalue weighted by Crippen LogP contribution is 2.21. The highest BCUT2D eigenvalue weighted by molar-refractivity contribution is 7.13. The number of amides is 1. The number of thiophene rings is 1. The molecule has 104 valence electrons. The lowest BCUT2D eigenvalue weighted by Gasteiger charge is -2.05. The van der Waals surface area contributed by atoms with E-state index in [-0.39, 0.29) is 0 Å². The Morgan fingerprint density at radius 2 is 1.95 bits per heavy atom. The van der Waals surface area contributed by atoms with E-state index >= 15 is 0 Å². The van der Waals surface area contributed by atoms with Gasteiger partial charge in [0, 0.05) is 11.3 Å². The molecule has 2 heterocycles. The highest BCUT2D eigenvalue weighted by Gasteiger charge is 2.05. The number of nitrogens with one attached hydrogen (secondary N) is 1. The minimum absolute atomic E-state index is 0.445. The number of anilines is 2. The summed E-state index contributed by atoms with van der Waals surface area (Å²) < 4.78 is 0. The van der Waals surface area contributed by atoms with Crippen LogP contribution in [0.25, 0.3) is 10.7 Å². The molecule has 3 aromatic rings. The predicted molar refractivity (Wildman–Crippen MR) is 81.4 cm³/mol. The summed E-state index contributed by atoms with van der Waals surface area (Å²) in [6.07, 6.45) is 1.46. The van der Waals surface area contributed by atoms with Gasteiger partial charge < -0.3 is 11.1 Å². The van der Waals surface area contributed by atoms with Crippen LogP contribution in [0.2, 0.25) is 0 Å². The molecule has 0 fully saturated rings. The summed E-state index contributed by atoms with van der Waals surface area (Å²) in [7, 11) is 0. The lowest BCUT2D eigenvalue weighted by molar-refractivity contribution is 0.100. The van der Waals surface area contributed by atoms with Crippen LogP contribution in [0, 0.1) is 0 Å². The Labute approximate surface area is 124 Å². The molecular weight excluding hydrogens is 286 g/mol. The number of hydrogen-bond acceptors (Lipinski definition) is 6. The zero-order chi connectivity index (χ0) is 14.7. The minimum Gasteiger partial charge on any atom is -0.366 e. The van der Waals surface area contributed by atoms with Gasteiger partial charge in [0.25, 0.3) is 0 Å². The van der Waals surface area contributed by atoms with Crippen molar-refractivity contribution < 1.29 is 4.79 Å². The molecule has 2 aromatic heterocycles. The van der Waals surface area contributed by atoms with E-state index < -0.39 is 5.91 Å². The molecule has 0 atom stereocenters. The number of primary amides is 1. The minimum atomic E-state index is -0.457. The average molecular weight is 297 g/mol. The first-order chi connectivity index (χ1) is 10.2. The first-order valence-corrected chi connectivity index (χ1v) is 7.00. The second-order valence-corrected chi connectivity index (χ2v) is 5.12. The van der Waals surface area contributed by atoms with E-state index in [0.717, 1.165) is 10.6 Å². The Morgan fingerprint density at radius 3 is 2.62 bits per heavy atom. The number of benzene rings is 1. The fourth-order valence-electron chi connectivity index (χ4n) is 1.73. The zero-order valence-corrected chi connectivity index (χ0v) is 11.7. The number of rotatable bonds is 4. The van der Waals surface area contributed by atoms with E-state index in [0.29, 0.717) is 17.3 Å². The maximum absolute atomic E-state index is 11.0. The molecule has 3 N–H and O–H groups in total. The third kappa shape index (κ3) is 3.03. The van der Waals surface area contributed by atoms with Crippen LogP contribution in [0.3, 0.4) is 0 Å². The van der Waals surface area contributed by atoms with Gasteiger partial charge in [-0.1, -0.05) is 6.07 Å². The molecule has 1 amide bonds. The third-order valence-electron chi connectivity index (χ3n) is 2.74. The maximum atomic E-state index is 11.0. The van der Waals surface area contributed by atoms with Gasteiger partial charge in [0.05, 0.1) is 4.88 Å². The first-order valence-electron chi connectivity index (χ1n) is 6.12. The maximum Gasteiger partial charge on any atom is 0.248 e. The van der Waals surface area contributed by atoms with Crippen molar-refractivity contribution in [2.45, 2.75) is 0 Å². The van der Waals surface area contributed by atoms with Gasteiger partial charge in [0.15, 0.2) is 5.82 Å². The molecular formula is C14H11N5OS. The van der Waals surface area contributed by atoms with Crippen molar-refractivity contribution in [2.75, 3.05) is 5.32 Å². The predicted octanol–water partition coefficient (Wildman–Crippen LogP) is 2.44. The monoisotopic (exact) mass is 297 g/mol. The van der Waals surface area contributed by atoms with Gasteiger partial charge in [-0.15, -0.1) is 11.3 Å². The summed E-state index contributed by atoms with van der Waals surface area (Å²) in [4.78, 5) is 24.6. The largest absolute Gasteiger partial charge is 0.366 e. The average Bonchev–Trinajstić information content (AvgIpc) is 3.02. The van der Waals surface area contributed by atoms with Crippen LogP contribution in [-0.2, 0) is 0 Å². The van der Waals surface area contributed by atoms with Gasteiger partial charge in [-0.3, -0.25) is 4.79 Å². The number of nitrogens with two attached hydrogens (primary N) is 1. The second-order valence-electron chi connectivity index (χ2n) is 4.18. The molecule has 7 heteroatoms. The number of carbonyl (C=O) groups excluding carboxylic acids is 1. The van der Waals surface area contributed by atoms with Crippen molar-refractivity contribution >= 4 is 28.9 Å². The number of aromatic nitrogens is 3. The molecule has 0 saturated carbocycles. The van der Waals surface area contributed by atoms with Crippen LogP contribution in [0.4, 0.5) is 11.6 Å². The summed E-state index contributed by atoms with van der Waals surface area (Å²) in [5.41, 5.74) is 6.42. The van der Waals surface area contributed by atoms with E-state index in [2.05, 4.69) is 20.3 Å². The lowest BCUT2D eigenvalue weighted by Crippen LogP contribution is -2.10. The van der Waals surface area contributed by atoms with Crippen LogP contribution in [0.5, 0.6) is 0 Å². The fourth-order valence-corrected chi connectivity index (χ4v) is 2.39. The van der Waals surface area contributed by atoms with Crippen molar-refractivity contribution in [3.8, 4) is 10.7 Å². The van der Waals surface area contributed by atoms with Crippen LogP contribution in [-0.4, -0.2) is 20.9 Å². The van der Waals surface area contributed by atoms with Crippen LogP contribution >= 0.6 is 11.3 Å². The van der Waals surface area contributed by atoms with Crippen LogP contribution in [0.15, 0.2) is 48.1 Å². The van der Waals surface area contributed by atoms with Gasteiger partial charge >= 0.3 is 0 Å². The Balaban J connectivity index is 1.81. The molecule has 1 aromatic carbocycles. The summed E-state index contributed by atoms with van der Waals surface area (Å²) >= 11 is 1.56. The molecule has 0 radical (unpaired) electrons. The molecule has 3 rings (SSSR count). The Bertz CT molecular complexity index is 755. The number of carbonyl (C=O) groups is 1. The van der Waals surface area contributed by atoms with Gasteiger partial charge in [-0.25, -0.2) is 9.97 Å². The molecule has 6 nitrogen and oxygen atoms in total. The Morgan fingerprint density at radius 1 is 1.14 bits per heavy atom. The zero-order valence-electron chi connectivity index (χ0n) is 10.9. The van der Waals surface area contributed by atoms with Crippen molar-refractivity contribution in [1.29, 1.82) is 0 Å². The normalized spacial score (nSPS) is 10.3. The van der Waals surface area contributed by atoms with Gasteiger partial charge in [0.1, 0.15) is 6.33 Å². The molecule has 21 heavy (non-hydrogen) atoms. The van der Waals surface area contributed by atoms with Gasteiger partial charge in [0.2, 0.25) is 11.9 Å². The van der Waals surface area contributed by atoms with Gasteiger partial charge in [-0.2, -0.15) is 4.98 Å². The van der Waals surface area contributed by atoms with Crippen LogP contribution < -0.4 is 11.1 Å². The smallest absolute Gasteiger partial charge is 0.248 e. The summed E-state index contributed by atoms with van der Waals surface area (Å²) in [6.45, 7) is 0. The molecule has 0 aliphatic heterocycles. The second kappa shape index (κ2) is 5.68. The van der Waals surface area contributed by atoms with E-state index in [1.807, 2.05) is 17.5 Å². The Kier molecular flexibility index (Phi) is 3.57. The van der Waals surface area contributed by atoms with E-state index in [1.54, 1.807) is 35.6 Å². The van der Waals surface area contributed by atoms with E-state index in [9.17, 15) is 4.79 Å². The van der Waals surface area contributed by atoms with E-state index in [4.69, 9.17) is 5.73 Å². The van der Waals surface area contributed by atoms with Crippen molar-refractivity contribution in [1.82, 2.24) is 15.0 Å². The summed E-state index contributed by atoms with van der Waals surface area (Å²) in [5.74, 6) is 0.609. The standard InChI is InChI=1S/C14H11N5OS/c15-12(20)9-3-5-10(6-4-9)18-14-17-8-16-13(19-14)11-2-1-7-21-11/h1-8H,(H2,15,20)(H,16,17,18,19). The lowest BCUT2D eigenvalue weighted by atomic mass is 10.2. The molecule has 0 aliphatic carbocycles. The molecule has 0 spiro atoms. The fraction of sp³-hybridized carbons (Fsp3) is 0. The van der Waals surface area contributed by atoms with Crippen LogP contribution in [0.1, 0.15) is 10.4 Å². The van der Waals surface area contributed by atoms with Crippen molar-refractivity contribution in [2.24, 2.45) is 5.73 Å². The molecule has 0 saturated heterocycles. The summed E-state index contributed by atoms with van der Waals surface area (Å²) in [5, 5.41) is 5.03. The van der Waals surface area contributed by atoms with E-state index in [1.165, 1.54) is 6.33 Å². The topological polar surface area (TPSA) is 93.8 Å². The Hall–Kier alpha value is -2.80. The van der Waals surface area contributed by atoms with Crippen molar-refractivity contribution in [3.63, 3.8) is 0 Å².